The van der Waals surface area contributed by atoms with Crippen molar-refractivity contribution in [1.82, 2.24) is 0 Å². The topological polar surface area (TPSA) is 32.6 Å². The van der Waals surface area contributed by atoms with Crippen molar-refractivity contribution < 1.29 is 5.11 Å². The number of aliphatic imine (C=N–C) groups is 1. The first kappa shape index (κ1) is 26.5. The number of nitrogens with zero attached hydrogens (tertiary/aromatic N) is 1. The molecule has 1 N–H and O–H groups in total. The zero-order valence-electron chi connectivity index (χ0n) is 23.7. The van der Waals surface area contributed by atoms with E-state index in [1.807, 2.05) is 0 Å². The molecule has 5 aromatic rings. The summed E-state index contributed by atoms with van der Waals surface area (Å²) in [6.07, 6.45) is 1.91. The van der Waals surface area contributed by atoms with Crippen molar-refractivity contribution in [3.63, 3.8) is 0 Å². The van der Waals surface area contributed by atoms with E-state index < -0.39 is 13.3 Å². The van der Waals surface area contributed by atoms with E-state index in [9.17, 15) is 5.11 Å². The van der Waals surface area contributed by atoms with Crippen LogP contribution in [0.1, 0.15) is 49.4 Å². The van der Waals surface area contributed by atoms with E-state index in [0.29, 0.717) is 5.75 Å². The molecule has 1 fully saturated rings. The number of hydrogen-bond acceptors (Lipinski definition) is 2. The SMILES string of the molecule is Cc1cc(C(C)(C)C)c(O)c(C2(c3ccccc3)CCP(c3ccccc3)C2=Nc2ccc3ccccc3c2)c1. The van der Waals surface area contributed by atoms with Crippen LogP contribution in [-0.4, -0.2) is 16.7 Å². The first-order valence-corrected chi connectivity index (χ1v) is 15.6. The molecule has 2 atom stereocenters. The van der Waals surface area contributed by atoms with Gasteiger partial charge in [0.2, 0.25) is 0 Å². The van der Waals surface area contributed by atoms with Gasteiger partial charge in [0, 0.05) is 5.56 Å². The van der Waals surface area contributed by atoms with Gasteiger partial charge in [0.15, 0.2) is 0 Å². The fourth-order valence-corrected chi connectivity index (χ4v) is 9.06. The minimum Gasteiger partial charge on any atom is -0.507 e. The predicted molar refractivity (Wildman–Crippen MR) is 172 cm³/mol. The monoisotopic (exact) mass is 541 g/mol. The molecule has 0 radical (unpaired) electrons. The summed E-state index contributed by atoms with van der Waals surface area (Å²) < 4.78 is 0. The second kappa shape index (κ2) is 10.3. The highest BCUT2D eigenvalue weighted by Gasteiger charge is 2.50. The smallest absolute Gasteiger partial charge is 0.123 e. The molecule has 2 nitrogen and oxygen atoms in total. The van der Waals surface area contributed by atoms with Gasteiger partial charge in [-0.05, 0) is 72.2 Å². The quantitative estimate of drug-likeness (QED) is 0.226. The Morgan fingerprint density at radius 2 is 1.40 bits per heavy atom. The van der Waals surface area contributed by atoms with Crippen LogP contribution in [0.3, 0.4) is 0 Å². The number of benzene rings is 5. The molecule has 0 aromatic heterocycles. The van der Waals surface area contributed by atoms with Crippen molar-refractivity contribution in [3.05, 3.63) is 138 Å². The van der Waals surface area contributed by atoms with Gasteiger partial charge in [-0.1, -0.05) is 129 Å². The molecule has 200 valence electrons. The molecule has 1 heterocycles. The van der Waals surface area contributed by atoms with Crippen LogP contribution in [-0.2, 0) is 10.8 Å². The molecule has 0 spiro atoms. The van der Waals surface area contributed by atoms with Crippen LogP contribution in [0, 0.1) is 6.92 Å². The molecule has 1 saturated heterocycles. The zero-order valence-corrected chi connectivity index (χ0v) is 24.6. The Hall–Kier alpha value is -3.74. The summed E-state index contributed by atoms with van der Waals surface area (Å²) >= 11 is 0. The van der Waals surface area contributed by atoms with E-state index >= 15 is 0 Å². The first-order chi connectivity index (χ1) is 19.3. The van der Waals surface area contributed by atoms with Crippen molar-refractivity contribution in [2.45, 2.75) is 44.9 Å². The second-order valence-corrected chi connectivity index (χ2v) is 14.2. The van der Waals surface area contributed by atoms with Crippen molar-refractivity contribution in [3.8, 4) is 5.75 Å². The molecule has 0 saturated carbocycles. The minimum absolute atomic E-state index is 0.193. The zero-order chi connectivity index (χ0) is 27.9. The van der Waals surface area contributed by atoms with Gasteiger partial charge in [0.1, 0.15) is 5.75 Å². The third-order valence-electron chi connectivity index (χ3n) is 8.17. The minimum atomic E-state index is -0.727. The van der Waals surface area contributed by atoms with E-state index in [1.54, 1.807) is 0 Å². The number of aryl methyl sites for hydroxylation is 1. The van der Waals surface area contributed by atoms with E-state index in [1.165, 1.54) is 21.6 Å². The molecule has 0 amide bonds. The molecule has 40 heavy (non-hydrogen) atoms. The lowest BCUT2D eigenvalue weighted by Gasteiger charge is -2.35. The molecule has 1 aliphatic heterocycles. The molecule has 6 rings (SSSR count). The Morgan fingerprint density at radius 1 is 0.750 bits per heavy atom. The van der Waals surface area contributed by atoms with Gasteiger partial charge in [-0.25, -0.2) is 0 Å². The lowest BCUT2D eigenvalue weighted by Crippen LogP contribution is -2.33. The average molecular weight is 542 g/mol. The summed E-state index contributed by atoms with van der Waals surface area (Å²) in [6.45, 7) is 8.67. The van der Waals surface area contributed by atoms with Gasteiger partial charge in [0.25, 0.3) is 0 Å². The Labute approximate surface area is 239 Å². The summed E-state index contributed by atoms with van der Waals surface area (Å²) in [5.41, 5.74) is 5.71. The highest BCUT2D eigenvalue weighted by Crippen LogP contribution is 2.60. The molecule has 2 unspecified atom stereocenters. The van der Waals surface area contributed by atoms with Gasteiger partial charge in [0.05, 0.1) is 16.6 Å². The lowest BCUT2D eigenvalue weighted by atomic mass is 9.70. The highest BCUT2D eigenvalue weighted by molar-refractivity contribution is 7.82. The third kappa shape index (κ3) is 4.65. The summed E-state index contributed by atoms with van der Waals surface area (Å²) in [7, 11) is -0.727. The van der Waals surface area contributed by atoms with E-state index in [2.05, 4.69) is 143 Å². The standard InChI is InChI=1S/C37H36NOP/c1-26-23-32(36(2,3)4)34(39)33(24-26)37(29-15-7-5-8-16-29)21-22-40(31-17-9-6-10-18-31)35(37)38-30-20-19-27-13-11-12-14-28(27)25-30/h5-20,23-25,39H,21-22H2,1-4H3. The van der Waals surface area contributed by atoms with Crippen LogP contribution in [0.15, 0.2) is 120 Å². The normalized spacial score (nSPS) is 20.3. The molecule has 0 bridgehead atoms. The van der Waals surface area contributed by atoms with Crippen LogP contribution in [0.5, 0.6) is 5.75 Å². The maximum absolute atomic E-state index is 12.1. The van der Waals surface area contributed by atoms with E-state index in [0.717, 1.165) is 40.4 Å². The first-order valence-electron chi connectivity index (χ1n) is 14.1. The maximum atomic E-state index is 12.1. The number of fused-ring (bicyclic) bond motifs is 1. The van der Waals surface area contributed by atoms with Crippen molar-refractivity contribution in [2.24, 2.45) is 4.99 Å². The average Bonchev–Trinajstić information content (AvgIpc) is 3.34. The van der Waals surface area contributed by atoms with Crippen LogP contribution in [0.4, 0.5) is 5.69 Å². The van der Waals surface area contributed by atoms with Gasteiger partial charge >= 0.3 is 0 Å². The predicted octanol–water partition coefficient (Wildman–Crippen LogP) is 9.38. The molecule has 3 heteroatoms. The van der Waals surface area contributed by atoms with Crippen LogP contribution in [0.25, 0.3) is 10.8 Å². The molecule has 1 aliphatic rings. The molecular weight excluding hydrogens is 505 g/mol. The van der Waals surface area contributed by atoms with E-state index in [4.69, 9.17) is 4.99 Å². The van der Waals surface area contributed by atoms with Gasteiger partial charge < -0.3 is 5.11 Å². The number of phenolic OH excluding ortho intramolecular Hbond substituents is 1. The third-order valence-corrected chi connectivity index (χ3v) is 10.8. The number of hydrogen-bond donors (Lipinski definition) is 1. The second-order valence-electron chi connectivity index (χ2n) is 11.9. The number of phenols is 1. The van der Waals surface area contributed by atoms with Gasteiger partial charge in [-0.3, -0.25) is 4.99 Å². The van der Waals surface area contributed by atoms with Gasteiger partial charge in [-0.15, -0.1) is 0 Å². The van der Waals surface area contributed by atoms with Crippen LogP contribution < -0.4 is 5.30 Å². The molecule has 5 aromatic carbocycles. The lowest BCUT2D eigenvalue weighted by molar-refractivity contribution is 0.432. The van der Waals surface area contributed by atoms with Crippen LogP contribution >= 0.6 is 7.92 Å². The number of aromatic hydroxyl groups is 1. The van der Waals surface area contributed by atoms with Gasteiger partial charge in [-0.2, -0.15) is 0 Å². The van der Waals surface area contributed by atoms with Crippen molar-refractivity contribution in [1.29, 1.82) is 0 Å². The Kier molecular flexibility index (Phi) is 6.85. The summed E-state index contributed by atoms with van der Waals surface area (Å²) in [4.78, 5) is 5.57. The maximum Gasteiger partial charge on any atom is 0.123 e. The Balaban J connectivity index is 1.68. The van der Waals surface area contributed by atoms with Crippen molar-refractivity contribution in [2.75, 3.05) is 6.16 Å². The molecule has 0 aliphatic carbocycles. The van der Waals surface area contributed by atoms with E-state index in [-0.39, 0.29) is 5.41 Å². The highest BCUT2D eigenvalue weighted by atomic mass is 31.1. The van der Waals surface area contributed by atoms with Crippen molar-refractivity contribution >= 4 is 35.1 Å². The largest absolute Gasteiger partial charge is 0.507 e. The summed E-state index contributed by atoms with van der Waals surface area (Å²) in [6, 6.07) is 40.9. The fourth-order valence-electron chi connectivity index (χ4n) is 6.19. The fraction of sp³-hybridized carbons (Fsp3) is 0.216. The van der Waals surface area contributed by atoms with Crippen LogP contribution in [0.2, 0.25) is 0 Å². The number of rotatable bonds is 4. The molecular formula is C37H36NOP. The Bertz CT molecular complexity index is 1700. The Morgan fingerprint density at radius 3 is 2.10 bits per heavy atom. The summed E-state index contributed by atoms with van der Waals surface area (Å²) in [5.74, 6) is 0.401. The summed E-state index contributed by atoms with van der Waals surface area (Å²) in [5, 5.41) is 15.8.